The molecule has 1 aromatic heterocycles. The molecule has 0 bridgehead atoms. The van der Waals surface area contributed by atoms with Crippen molar-refractivity contribution in [3.05, 3.63) is 12.2 Å². The number of hydrogen-bond acceptors (Lipinski definition) is 4. The molecule has 15 heavy (non-hydrogen) atoms. The lowest BCUT2D eigenvalue weighted by molar-refractivity contribution is -0.0774. The molecule has 1 atom stereocenters. The zero-order valence-corrected chi connectivity index (χ0v) is 9.77. The standard InChI is InChI=1S/C10H19N3O2/c1-5-13-9(11-7-12-13)6-8(14)10(2,3)15-4/h7-8,14H,5-6H2,1-4H3. The number of aromatic nitrogens is 3. The quantitative estimate of drug-likeness (QED) is 0.779. The fraction of sp³-hybridized carbons (Fsp3) is 0.800. The molecule has 86 valence electrons. The van der Waals surface area contributed by atoms with Crippen molar-refractivity contribution < 1.29 is 9.84 Å². The maximum Gasteiger partial charge on any atom is 0.138 e. The number of ether oxygens (including phenoxy) is 1. The average Bonchev–Trinajstić information content (AvgIpc) is 2.65. The summed E-state index contributed by atoms with van der Waals surface area (Å²) in [7, 11) is 1.59. The summed E-state index contributed by atoms with van der Waals surface area (Å²) < 4.78 is 6.99. The average molecular weight is 213 g/mol. The molecule has 0 aliphatic heterocycles. The van der Waals surface area contributed by atoms with Crippen LogP contribution in [0.2, 0.25) is 0 Å². The molecule has 0 aliphatic rings. The Bertz CT molecular complexity index is 309. The Labute approximate surface area is 90.1 Å². The first-order chi connectivity index (χ1) is 7.01. The number of aliphatic hydroxyl groups is 1. The van der Waals surface area contributed by atoms with Gasteiger partial charge < -0.3 is 9.84 Å². The van der Waals surface area contributed by atoms with Crippen molar-refractivity contribution >= 4 is 0 Å². The highest BCUT2D eigenvalue weighted by molar-refractivity contribution is 4.92. The molecule has 0 amide bonds. The zero-order chi connectivity index (χ0) is 11.5. The highest BCUT2D eigenvalue weighted by Crippen LogP contribution is 2.16. The summed E-state index contributed by atoms with van der Waals surface area (Å²) in [6.07, 6.45) is 1.37. The Balaban J connectivity index is 2.70. The van der Waals surface area contributed by atoms with Gasteiger partial charge in [-0.3, -0.25) is 4.68 Å². The van der Waals surface area contributed by atoms with Crippen LogP contribution in [0.15, 0.2) is 6.33 Å². The van der Waals surface area contributed by atoms with Crippen molar-refractivity contribution in [2.75, 3.05) is 7.11 Å². The van der Waals surface area contributed by atoms with Crippen LogP contribution in [-0.2, 0) is 17.7 Å². The fourth-order valence-corrected chi connectivity index (χ4v) is 1.27. The lowest BCUT2D eigenvalue weighted by Gasteiger charge is -2.28. The molecule has 0 aromatic carbocycles. The number of methoxy groups -OCH3 is 1. The number of rotatable bonds is 5. The van der Waals surface area contributed by atoms with E-state index in [1.54, 1.807) is 11.8 Å². The summed E-state index contributed by atoms with van der Waals surface area (Å²) in [5.41, 5.74) is -0.565. The van der Waals surface area contributed by atoms with Crippen molar-refractivity contribution in [1.82, 2.24) is 14.8 Å². The van der Waals surface area contributed by atoms with E-state index in [0.29, 0.717) is 6.42 Å². The van der Waals surface area contributed by atoms with Gasteiger partial charge in [-0.15, -0.1) is 0 Å². The van der Waals surface area contributed by atoms with Crippen molar-refractivity contribution in [2.45, 2.75) is 45.4 Å². The van der Waals surface area contributed by atoms with Gasteiger partial charge in [0, 0.05) is 20.1 Å². The minimum Gasteiger partial charge on any atom is -0.390 e. The van der Waals surface area contributed by atoms with Crippen LogP contribution in [0, 0.1) is 0 Å². The van der Waals surface area contributed by atoms with Crippen molar-refractivity contribution in [3.63, 3.8) is 0 Å². The summed E-state index contributed by atoms with van der Waals surface area (Å²) in [5.74, 6) is 0.787. The molecule has 1 rings (SSSR count). The van der Waals surface area contributed by atoms with Gasteiger partial charge in [-0.1, -0.05) is 0 Å². The predicted octanol–water partition coefficient (Wildman–Crippen LogP) is 0.626. The van der Waals surface area contributed by atoms with Crippen LogP contribution in [0.4, 0.5) is 0 Å². The van der Waals surface area contributed by atoms with Crippen LogP contribution in [-0.4, -0.2) is 38.7 Å². The third-order valence-corrected chi connectivity index (χ3v) is 2.70. The largest absolute Gasteiger partial charge is 0.390 e. The van der Waals surface area contributed by atoms with Crippen LogP contribution < -0.4 is 0 Å². The second-order valence-electron chi connectivity index (χ2n) is 4.02. The van der Waals surface area contributed by atoms with E-state index in [-0.39, 0.29) is 0 Å². The van der Waals surface area contributed by atoms with Crippen molar-refractivity contribution in [2.24, 2.45) is 0 Å². The SMILES string of the molecule is CCn1ncnc1CC(O)C(C)(C)OC. The highest BCUT2D eigenvalue weighted by Gasteiger charge is 2.28. The van der Waals surface area contributed by atoms with Gasteiger partial charge in [0.25, 0.3) is 0 Å². The monoisotopic (exact) mass is 213 g/mol. The van der Waals surface area contributed by atoms with E-state index in [1.165, 1.54) is 6.33 Å². The Morgan fingerprint density at radius 1 is 1.60 bits per heavy atom. The summed E-state index contributed by atoms with van der Waals surface area (Å²) in [5, 5.41) is 14.0. The molecule has 0 fully saturated rings. The van der Waals surface area contributed by atoms with E-state index in [2.05, 4.69) is 10.1 Å². The molecule has 1 aromatic rings. The molecule has 5 nitrogen and oxygen atoms in total. The number of hydrogen-bond donors (Lipinski definition) is 1. The lowest BCUT2D eigenvalue weighted by Crippen LogP contribution is -2.40. The summed E-state index contributed by atoms with van der Waals surface area (Å²) >= 11 is 0. The minimum atomic E-state index is -0.586. The summed E-state index contributed by atoms with van der Waals surface area (Å²) in [4.78, 5) is 4.11. The van der Waals surface area contributed by atoms with Crippen LogP contribution >= 0.6 is 0 Å². The number of aryl methyl sites for hydroxylation is 1. The first-order valence-electron chi connectivity index (χ1n) is 5.11. The predicted molar refractivity (Wildman–Crippen MR) is 56.5 cm³/mol. The van der Waals surface area contributed by atoms with Crippen LogP contribution in [0.25, 0.3) is 0 Å². The van der Waals surface area contributed by atoms with Crippen molar-refractivity contribution in [3.8, 4) is 0 Å². The molecule has 0 saturated heterocycles. The summed E-state index contributed by atoms with van der Waals surface area (Å²) in [6, 6.07) is 0. The van der Waals surface area contributed by atoms with Gasteiger partial charge >= 0.3 is 0 Å². The van der Waals surface area contributed by atoms with E-state index in [4.69, 9.17) is 4.74 Å². The van der Waals surface area contributed by atoms with E-state index < -0.39 is 11.7 Å². The van der Waals surface area contributed by atoms with Gasteiger partial charge in [0.05, 0.1) is 11.7 Å². The Morgan fingerprint density at radius 3 is 2.80 bits per heavy atom. The van der Waals surface area contributed by atoms with E-state index in [0.717, 1.165) is 12.4 Å². The summed E-state index contributed by atoms with van der Waals surface area (Å²) in [6.45, 7) is 6.45. The fourth-order valence-electron chi connectivity index (χ4n) is 1.27. The van der Waals surface area contributed by atoms with Gasteiger partial charge in [-0.2, -0.15) is 5.10 Å². The second-order valence-corrected chi connectivity index (χ2v) is 4.02. The Morgan fingerprint density at radius 2 is 2.27 bits per heavy atom. The molecule has 0 spiro atoms. The Kier molecular flexibility index (Phi) is 3.82. The van der Waals surface area contributed by atoms with Crippen LogP contribution in [0.3, 0.4) is 0 Å². The van der Waals surface area contributed by atoms with Gasteiger partial charge in [0.2, 0.25) is 0 Å². The first kappa shape index (κ1) is 12.1. The van der Waals surface area contributed by atoms with E-state index >= 15 is 0 Å². The number of nitrogens with zero attached hydrogens (tertiary/aromatic N) is 3. The normalized spacial score (nSPS) is 14.2. The zero-order valence-electron chi connectivity index (χ0n) is 9.77. The topological polar surface area (TPSA) is 60.2 Å². The van der Waals surface area contributed by atoms with E-state index in [1.807, 2.05) is 20.8 Å². The lowest BCUT2D eigenvalue weighted by atomic mass is 9.98. The minimum absolute atomic E-state index is 0.453. The van der Waals surface area contributed by atoms with Gasteiger partial charge in [0.15, 0.2) is 0 Å². The van der Waals surface area contributed by atoms with Crippen molar-refractivity contribution in [1.29, 1.82) is 0 Å². The molecule has 0 aliphatic carbocycles. The molecular formula is C10H19N3O2. The maximum atomic E-state index is 9.96. The smallest absolute Gasteiger partial charge is 0.138 e. The number of aliphatic hydroxyl groups excluding tert-OH is 1. The van der Waals surface area contributed by atoms with Crippen LogP contribution in [0.5, 0.6) is 0 Å². The molecule has 1 heterocycles. The molecule has 5 heteroatoms. The van der Waals surface area contributed by atoms with E-state index in [9.17, 15) is 5.11 Å². The molecule has 0 radical (unpaired) electrons. The Hall–Kier alpha value is -0.940. The van der Waals surface area contributed by atoms with Gasteiger partial charge in [0.1, 0.15) is 12.2 Å². The van der Waals surface area contributed by atoms with Gasteiger partial charge in [-0.25, -0.2) is 4.98 Å². The van der Waals surface area contributed by atoms with Crippen LogP contribution in [0.1, 0.15) is 26.6 Å². The molecule has 1 unspecified atom stereocenters. The molecule has 1 N–H and O–H groups in total. The molecular weight excluding hydrogens is 194 g/mol. The highest BCUT2D eigenvalue weighted by atomic mass is 16.5. The second kappa shape index (κ2) is 4.72. The molecule has 0 saturated carbocycles. The van der Waals surface area contributed by atoms with Gasteiger partial charge in [-0.05, 0) is 20.8 Å². The maximum absolute atomic E-state index is 9.96. The third kappa shape index (κ3) is 2.76. The third-order valence-electron chi connectivity index (χ3n) is 2.70. The first-order valence-corrected chi connectivity index (χ1v) is 5.11.